The molecule has 0 bridgehead atoms. The molecule has 1 aliphatic rings. The van der Waals surface area contributed by atoms with Crippen molar-refractivity contribution >= 4 is 23.6 Å². The van der Waals surface area contributed by atoms with Crippen molar-refractivity contribution in [3.63, 3.8) is 0 Å². The quantitative estimate of drug-likeness (QED) is 0.266. The van der Waals surface area contributed by atoms with Gasteiger partial charge in [-0.05, 0) is 49.1 Å². The first-order chi connectivity index (χ1) is 17.8. The molecule has 1 saturated heterocycles. The minimum absolute atomic E-state index is 0.112. The number of carbonyl (C=O) groups excluding carboxylic acids is 2. The maximum absolute atomic E-state index is 13.4. The maximum Gasteiger partial charge on any atom is 0.329 e. The van der Waals surface area contributed by atoms with Gasteiger partial charge in [0.1, 0.15) is 24.2 Å². The van der Waals surface area contributed by atoms with E-state index in [0.29, 0.717) is 43.9 Å². The number of nitrogens with zero attached hydrogens (tertiary/aromatic N) is 2. The molecule has 0 spiro atoms. The average molecular weight is 511 g/mol. The van der Waals surface area contributed by atoms with Crippen molar-refractivity contribution in [3.8, 4) is 5.75 Å². The topological polar surface area (TPSA) is 155 Å². The molecule has 10 heteroatoms. The van der Waals surface area contributed by atoms with Crippen LogP contribution in [0.3, 0.4) is 0 Å². The Bertz CT molecular complexity index is 1090. The van der Waals surface area contributed by atoms with Crippen LogP contribution in [0.15, 0.2) is 53.5 Å². The first-order valence-electron chi connectivity index (χ1n) is 12.4. The zero-order chi connectivity index (χ0) is 26.8. The molecule has 1 unspecified atom stereocenters. The molecule has 0 aliphatic carbocycles. The highest BCUT2D eigenvalue weighted by atomic mass is 16.5. The molecule has 2 aromatic carbocycles. The van der Waals surface area contributed by atoms with Crippen LogP contribution in [0.1, 0.15) is 47.7 Å². The number of carbonyl (C=O) groups is 3. The SMILES string of the molecule is CCCN=C(N)c1ccc(C(=O)NC(Cc2ccc(O)cc2)C(=O)N2CCC(OCC(=O)O)CC2)cc1. The van der Waals surface area contributed by atoms with Crippen LogP contribution in [0.25, 0.3) is 0 Å². The zero-order valence-electron chi connectivity index (χ0n) is 20.9. The summed E-state index contributed by atoms with van der Waals surface area (Å²) < 4.78 is 5.36. The lowest BCUT2D eigenvalue weighted by atomic mass is 10.0. The standard InChI is InChI=1S/C27H34N4O6/c1-2-13-29-25(28)19-5-7-20(8-6-19)26(35)30-23(16-18-3-9-21(32)10-4-18)27(36)31-14-11-22(12-15-31)37-17-24(33)34/h3-10,22-23,32H,2,11-17H2,1H3,(H2,28,29)(H,30,35)(H,33,34). The fourth-order valence-corrected chi connectivity index (χ4v) is 4.08. The lowest BCUT2D eigenvalue weighted by Crippen LogP contribution is -2.52. The number of carboxylic acids is 1. The number of piperidine rings is 1. The van der Waals surface area contributed by atoms with E-state index < -0.39 is 17.9 Å². The molecule has 0 saturated carbocycles. The lowest BCUT2D eigenvalue weighted by Gasteiger charge is -2.34. The number of likely N-dealkylation sites (tertiary alicyclic amines) is 1. The van der Waals surface area contributed by atoms with Gasteiger partial charge in [-0.15, -0.1) is 0 Å². The summed E-state index contributed by atoms with van der Waals surface area (Å²) in [5.41, 5.74) is 7.88. The van der Waals surface area contributed by atoms with E-state index in [2.05, 4.69) is 10.3 Å². The average Bonchev–Trinajstić information content (AvgIpc) is 2.91. The highest BCUT2D eigenvalue weighted by Gasteiger charge is 2.30. The highest BCUT2D eigenvalue weighted by molar-refractivity contribution is 6.00. The van der Waals surface area contributed by atoms with Crippen LogP contribution in [0.4, 0.5) is 0 Å². The van der Waals surface area contributed by atoms with E-state index in [1.165, 1.54) is 12.1 Å². The van der Waals surface area contributed by atoms with Gasteiger partial charge in [0.15, 0.2) is 0 Å². The Balaban J connectivity index is 1.70. The molecule has 10 nitrogen and oxygen atoms in total. The number of aromatic hydroxyl groups is 1. The summed E-state index contributed by atoms with van der Waals surface area (Å²) in [5, 5.41) is 21.3. The van der Waals surface area contributed by atoms with Crippen molar-refractivity contribution in [2.24, 2.45) is 10.7 Å². The summed E-state index contributed by atoms with van der Waals surface area (Å²) in [6.07, 6.45) is 1.93. The Labute approximate surface area is 216 Å². The van der Waals surface area contributed by atoms with E-state index >= 15 is 0 Å². The molecule has 1 aliphatic heterocycles. The van der Waals surface area contributed by atoms with Gasteiger partial charge in [0.2, 0.25) is 5.91 Å². The highest BCUT2D eigenvalue weighted by Crippen LogP contribution is 2.17. The van der Waals surface area contributed by atoms with Gasteiger partial charge >= 0.3 is 5.97 Å². The van der Waals surface area contributed by atoms with Gasteiger partial charge in [0, 0.05) is 37.2 Å². The van der Waals surface area contributed by atoms with Crippen LogP contribution in [-0.4, -0.2) is 77.1 Å². The van der Waals surface area contributed by atoms with Gasteiger partial charge in [0.25, 0.3) is 5.91 Å². The summed E-state index contributed by atoms with van der Waals surface area (Å²) >= 11 is 0. The molecule has 37 heavy (non-hydrogen) atoms. The van der Waals surface area contributed by atoms with E-state index in [9.17, 15) is 19.5 Å². The van der Waals surface area contributed by atoms with Gasteiger partial charge in [-0.1, -0.05) is 31.2 Å². The summed E-state index contributed by atoms with van der Waals surface area (Å²) in [6, 6.07) is 12.4. The van der Waals surface area contributed by atoms with Gasteiger partial charge in [-0.2, -0.15) is 0 Å². The number of phenols is 1. The Morgan fingerprint density at radius 3 is 2.30 bits per heavy atom. The normalized spacial score (nSPS) is 15.3. The second-order valence-electron chi connectivity index (χ2n) is 8.97. The zero-order valence-corrected chi connectivity index (χ0v) is 20.9. The molecule has 1 atom stereocenters. The second-order valence-corrected chi connectivity index (χ2v) is 8.97. The van der Waals surface area contributed by atoms with Crippen LogP contribution in [0.5, 0.6) is 5.75 Å². The number of nitrogens with one attached hydrogen (secondary N) is 1. The van der Waals surface area contributed by atoms with Crippen LogP contribution in [0.2, 0.25) is 0 Å². The number of aliphatic carboxylic acids is 1. The van der Waals surface area contributed by atoms with Crippen molar-refractivity contribution in [2.75, 3.05) is 26.2 Å². The molecular formula is C27H34N4O6. The molecule has 2 aromatic rings. The van der Waals surface area contributed by atoms with Crippen LogP contribution in [0, 0.1) is 0 Å². The minimum Gasteiger partial charge on any atom is -0.508 e. The fourth-order valence-electron chi connectivity index (χ4n) is 4.08. The number of amides is 2. The van der Waals surface area contributed by atoms with Crippen molar-refractivity contribution in [1.82, 2.24) is 10.2 Å². The van der Waals surface area contributed by atoms with E-state index in [-0.39, 0.29) is 30.8 Å². The summed E-state index contributed by atoms with van der Waals surface area (Å²) in [6.45, 7) is 3.06. The first kappa shape index (κ1) is 27.7. The minimum atomic E-state index is -1.03. The van der Waals surface area contributed by atoms with E-state index in [1.807, 2.05) is 6.92 Å². The summed E-state index contributed by atoms with van der Waals surface area (Å²) in [4.78, 5) is 43.2. The third-order valence-electron chi connectivity index (χ3n) is 6.12. The van der Waals surface area contributed by atoms with Crippen LogP contribution in [-0.2, 0) is 20.7 Å². The van der Waals surface area contributed by atoms with Gasteiger partial charge in [-0.3, -0.25) is 14.6 Å². The Morgan fingerprint density at radius 1 is 1.08 bits per heavy atom. The molecule has 2 amide bonds. The number of aliphatic imine (C=N–C) groups is 1. The monoisotopic (exact) mass is 510 g/mol. The van der Waals surface area contributed by atoms with E-state index in [1.54, 1.807) is 41.3 Å². The fraction of sp³-hybridized carbons (Fsp3) is 0.407. The van der Waals surface area contributed by atoms with Gasteiger partial charge < -0.3 is 30.9 Å². The van der Waals surface area contributed by atoms with Crippen molar-refractivity contribution < 1.29 is 29.3 Å². The molecule has 1 fully saturated rings. The number of phenolic OH excluding ortho intramolecular Hbond substituents is 1. The molecule has 0 aromatic heterocycles. The van der Waals surface area contributed by atoms with Crippen molar-refractivity contribution in [1.29, 1.82) is 0 Å². The van der Waals surface area contributed by atoms with Crippen molar-refractivity contribution in [2.45, 2.75) is 44.8 Å². The Hall–Kier alpha value is -3.92. The van der Waals surface area contributed by atoms with Crippen LogP contribution < -0.4 is 11.1 Å². The Kier molecular flexibility index (Phi) is 10.0. The predicted molar refractivity (Wildman–Crippen MR) is 139 cm³/mol. The van der Waals surface area contributed by atoms with E-state index in [4.69, 9.17) is 15.6 Å². The number of ether oxygens (including phenoxy) is 1. The summed E-state index contributed by atoms with van der Waals surface area (Å²) in [7, 11) is 0. The number of nitrogens with two attached hydrogens (primary N) is 1. The lowest BCUT2D eigenvalue weighted by molar-refractivity contribution is -0.147. The largest absolute Gasteiger partial charge is 0.508 e. The molecule has 5 N–H and O–H groups in total. The predicted octanol–water partition coefficient (Wildman–Crippen LogP) is 1.94. The van der Waals surface area contributed by atoms with Gasteiger partial charge in [-0.25, -0.2) is 4.79 Å². The van der Waals surface area contributed by atoms with Crippen molar-refractivity contribution in [3.05, 3.63) is 65.2 Å². The molecular weight excluding hydrogens is 476 g/mol. The number of rotatable bonds is 11. The molecule has 0 radical (unpaired) electrons. The maximum atomic E-state index is 13.4. The number of carboxylic acid groups (broad SMARTS) is 1. The third kappa shape index (κ3) is 8.32. The summed E-state index contributed by atoms with van der Waals surface area (Å²) in [5.74, 6) is -1.14. The second kappa shape index (κ2) is 13.4. The first-order valence-corrected chi connectivity index (χ1v) is 12.4. The Morgan fingerprint density at radius 2 is 1.70 bits per heavy atom. The molecule has 1 heterocycles. The third-order valence-corrected chi connectivity index (χ3v) is 6.12. The number of hydrogen-bond donors (Lipinski definition) is 4. The number of benzene rings is 2. The molecule has 198 valence electrons. The van der Waals surface area contributed by atoms with Gasteiger partial charge in [0.05, 0.1) is 6.10 Å². The number of hydrogen-bond acceptors (Lipinski definition) is 6. The van der Waals surface area contributed by atoms with Crippen LogP contribution >= 0.6 is 0 Å². The molecule has 3 rings (SSSR count). The number of amidine groups is 1. The van der Waals surface area contributed by atoms with E-state index in [0.717, 1.165) is 17.5 Å². The smallest absolute Gasteiger partial charge is 0.329 e.